The number of piperidine rings is 1. The van der Waals surface area contributed by atoms with E-state index in [0.717, 1.165) is 25.2 Å². The number of amides is 1. The number of carbonyl (C=O) groups excluding carboxylic acids is 1. The Kier molecular flexibility index (Phi) is 4.74. The fourth-order valence-electron chi connectivity index (χ4n) is 2.94. The summed E-state index contributed by atoms with van der Waals surface area (Å²) < 4.78 is 13.2. The van der Waals surface area contributed by atoms with Gasteiger partial charge in [-0.2, -0.15) is 0 Å². The Labute approximate surface area is 140 Å². The predicted molar refractivity (Wildman–Crippen MR) is 91.7 cm³/mol. The molecule has 0 spiro atoms. The Morgan fingerprint density at radius 2 is 2.17 bits per heavy atom. The van der Waals surface area contributed by atoms with Gasteiger partial charge in [0.2, 0.25) is 5.95 Å². The van der Waals surface area contributed by atoms with E-state index in [9.17, 15) is 9.18 Å². The Bertz CT molecular complexity index is 750. The highest BCUT2D eigenvalue weighted by atomic mass is 19.1. The number of anilines is 2. The van der Waals surface area contributed by atoms with E-state index in [1.54, 1.807) is 18.2 Å². The van der Waals surface area contributed by atoms with Crippen molar-refractivity contribution in [3.05, 3.63) is 47.5 Å². The summed E-state index contributed by atoms with van der Waals surface area (Å²) >= 11 is 0. The van der Waals surface area contributed by atoms with Gasteiger partial charge in [0.15, 0.2) is 0 Å². The second-order valence-electron chi connectivity index (χ2n) is 6.35. The number of aryl methyl sites for hydroxylation is 1. The number of carbonyl (C=O) groups is 1. The number of rotatable bonds is 3. The lowest BCUT2D eigenvalue weighted by Crippen LogP contribution is -2.36. The lowest BCUT2D eigenvalue weighted by atomic mass is 10.0. The molecule has 126 valence electrons. The SMILES string of the molecule is Cc1cc(C(=O)Nc2cccc(F)c2)nc(N2CCCC(C)C2)n1. The van der Waals surface area contributed by atoms with E-state index in [4.69, 9.17) is 0 Å². The Balaban J connectivity index is 1.81. The van der Waals surface area contributed by atoms with E-state index in [-0.39, 0.29) is 5.91 Å². The van der Waals surface area contributed by atoms with Gasteiger partial charge in [0, 0.05) is 24.5 Å². The summed E-state index contributed by atoms with van der Waals surface area (Å²) in [5.41, 5.74) is 1.44. The number of nitrogens with zero attached hydrogens (tertiary/aromatic N) is 3. The highest BCUT2D eigenvalue weighted by molar-refractivity contribution is 6.03. The zero-order valence-electron chi connectivity index (χ0n) is 13.9. The molecule has 1 unspecified atom stereocenters. The molecule has 0 aliphatic carbocycles. The summed E-state index contributed by atoms with van der Waals surface area (Å²) in [7, 11) is 0. The van der Waals surface area contributed by atoms with Gasteiger partial charge in [0.1, 0.15) is 11.5 Å². The molecule has 24 heavy (non-hydrogen) atoms. The zero-order chi connectivity index (χ0) is 17.1. The van der Waals surface area contributed by atoms with Gasteiger partial charge in [-0.25, -0.2) is 14.4 Å². The van der Waals surface area contributed by atoms with Crippen LogP contribution in [0, 0.1) is 18.7 Å². The maximum atomic E-state index is 13.2. The van der Waals surface area contributed by atoms with Crippen molar-refractivity contribution in [1.29, 1.82) is 0 Å². The first-order valence-corrected chi connectivity index (χ1v) is 8.19. The first kappa shape index (κ1) is 16.4. The molecule has 2 heterocycles. The third-order valence-corrected chi connectivity index (χ3v) is 4.10. The van der Waals surface area contributed by atoms with Crippen LogP contribution < -0.4 is 10.2 Å². The van der Waals surface area contributed by atoms with Crippen LogP contribution in [-0.2, 0) is 0 Å². The van der Waals surface area contributed by atoms with Crippen molar-refractivity contribution >= 4 is 17.5 Å². The van der Waals surface area contributed by atoms with E-state index in [1.165, 1.54) is 18.6 Å². The van der Waals surface area contributed by atoms with Crippen LogP contribution in [0.5, 0.6) is 0 Å². The van der Waals surface area contributed by atoms with Gasteiger partial charge in [-0.1, -0.05) is 13.0 Å². The molecular weight excluding hydrogens is 307 g/mol. The standard InChI is InChI=1S/C18H21FN4O/c1-12-5-4-8-23(11-12)18-20-13(2)9-16(22-18)17(24)21-15-7-3-6-14(19)10-15/h3,6-7,9-10,12H,4-5,8,11H2,1-2H3,(H,21,24). The Morgan fingerprint density at radius 1 is 1.33 bits per heavy atom. The minimum absolute atomic E-state index is 0.292. The summed E-state index contributed by atoms with van der Waals surface area (Å²) in [4.78, 5) is 23.4. The fourth-order valence-corrected chi connectivity index (χ4v) is 2.94. The van der Waals surface area contributed by atoms with Crippen LogP contribution in [0.2, 0.25) is 0 Å². The molecule has 1 atom stereocenters. The maximum Gasteiger partial charge on any atom is 0.274 e. The monoisotopic (exact) mass is 328 g/mol. The maximum absolute atomic E-state index is 13.2. The fraction of sp³-hybridized carbons (Fsp3) is 0.389. The van der Waals surface area contributed by atoms with E-state index < -0.39 is 5.82 Å². The predicted octanol–water partition coefficient (Wildman–Crippen LogP) is 3.41. The lowest BCUT2D eigenvalue weighted by Gasteiger charge is -2.31. The van der Waals surface area contributed by atoms with E-state index in [1.807, 2.05) is 6.92 Å². The molecule has 0 radical (unpaired) electrons. The molecule has 5 nitrogen and oxygen atoms in total. The second kappa shape index (κ2) is 6.95. The van der Waals surface area contributed by atoms with Gasteiger partial charge in [-0.15, -0.1) is 0 Å². The molecular formula is C18H21FN4O. The molecule has 6 heteroatoms. The van der Waals surface area contributed by atoms with Gasteiger partial charge in [0.25, 0.3) is 5.91 Å². The number of hydrogen-bond acceptors (Lipinski definition) is 4. The third-order valence-electron chi connectivity index (χ3n) is 4.10. The van der Waals surface area contributed by atoms with Crippen LogP contribution >= 0.6 is 0 Å². The molecule has 0 bridgehead atoms. The highest BCUT2D eigenvalue weighted by Crippen LogP contribution is 2.21. The molecule has 1 aromatic carbocycles. The average molecular weight is 328 g/mol. The molecule has 1 aliphatic rings. The lowest BCUT2D eigenvalue weighted by molar-refractivity contribution is 0.102. The van der Waals surface area contributed by atoms with Crippen LogP contribution in [0.15, 0.2) is 30.3 Å². The van der Waals surface area contributed by atoms with Crippen LogP contribution in [0.1, 0.15) is 35.9 Å². The molecule has 1 fully saturated rings. The van der Waals surface area contributed by atoms with Crippen molar-refractivity contribution in [1.82, 2.24) is 9.97 Å². The summed E-state index contributed by atoms with van der Waals surface area (Å²) in [6.07, 6.45) is 2.30. The van der Waals surface area contributed by atoms with Crippen molar-refractivity contribution in [2.24, 2.45) is 5.92 Å². The number of benzene rings is 1. The van der Waals surface area contributed by atoms with Crippen LogP contribution in [0.4, 0.5) is 16.0 Å². The molecule has 1 aliphatic heterocycles. The molecule has 2 aromatic rings. The number of hydrogen-bond donors (Lipinski definition) is 1. The summed E-state index contributed by atoms with van der Waals surface area (Å²) in [6.45, 7) is 5.85. The summed E-state index contributed by atoms with van der Waals surface area (Å²) in [5, 5.41) is 2.68. The van der Waals surface area contributed by atoms with E-state index in [0.29, 0.717) is 23.2 Å². The van der Waals surface area contributed by atoms with Crippen molar-refractivity contribution in [3.8, 4) is 0 Å². The van der Waals surface area contributed by atoms with E-state index in [2.05, 4.69) is 27.1 Å². The average Bonchev–Trinajstić information content (AvgIpc) is 2.54. The van der Waals surface area contributed by atoms with Crippen molar-refractivity contribution in [2.75, 3.05) is 23.3 Å². The second-order valence-corrected chi connectivity index (χ2v) is 6.35. The molecule has 1 saturated heterocycles. The normalized spacial score (nSPS) is 17.6. The quantitative estimate of drug-likeness (QED) is 0.938. The summed E-state index contributed by atoms with van der Waals surface area (Å²) in [6, 6.07) is 7.45. The van der Waals surface area contributed by atoms with Crippen LogP contribution in [-0.4, -0.2) is 29.0 Å². The molecule has 1 N–H and O–H groups in total. The number of nitrogens with one attached hydrogen (secondary N) is 1. The van der Waals surface area contributed by atoms with Gasteiger partial charge in [-0.05, 0) is 49.9 Å². The minimum Gasteiger partial charge on any atom is -0.341 e. The van der Waals surface area contributed by atoms with Gasteiger partial charge >= 0.3 is 0 Å². The van der Waals surface area contributed by atoms with Crippen molar-refractivity contribution < 1.29 is 9.18 Å². The van der Waals surface area contributed by atoms with E-state index >= 15 is 0 Å². The van der Waals surface area contributed by atoms with Crippen molar-refractivity contribution in [3.63, 3.8) is 0 Å². The zero-order valence-corrected chi connectivity index (χ0v) is 13.9. The third kappa shape index (κ3) is 3.88. The largest absolute Gasteiger partial charge is 0.341 e. The minimum atomic E-state index is -0.394. The van der Waals surface area contributed by atoms with Gasteiger partial charge in [0.05, 0.1) is 0 Å². The number of halogens is 1. The van der Waals surface area contributed by atoms with Crippen molar-refractivity contribution in [2.45, 2.75) is 26.7 Å². The Hall–Kier alpha value is -2.50. The molecule has 0 saturated carbocycles. The van der Waals surface area contributed by atoms with Crippen LogP contribution in [0.3, 0.4) is 0 Å². The van der Waals surface area contributed by atoms with Crippen LogP contribution in [0.25, 0.3) is 0 Å². The molecule has 1 amide bonds. The molecule has 1 aromatic heterocycles. The van der Waals surface area contributed by atoms with Gasteiger partial charge < -0.3 is 10.2 Å². The molecule has 3 rings (SSSR count). The summed E-state index contributed by atoms with van der Waals surface area (Å²) in [5.74, 6) is 0.422. The number of aromatic nitrogens is 2. The first-order chi connectivity index (χ1) is 11.5. The topological polar surface area (TPSA) is 58.1 Å². The Morgan fingerprint density at radius 3 is 2.92 bits per heavy atom. The first-order valence-electron chi connectivity index (χ1n) is 8.19. The highest BCUT2D eigenvalue weighted by Gasteiger charge is 2.20. The smallest absolute Gasteiger partial charge is 0.274 e. The van der Waals surface area contributed by atoms with Gasteiger partial charge in [-0.3, -0.25) is 4.79 Å².